The lowest BCUT2D eigenvalue weighted by Crippen LogP contribution is -2.49. The number of nitrogens with zero attached hydrogens (tertiary/aromatic N) is 2. The van der Waals surface area contributed by atoms with Gasteiger partial charge >= 0.3 is 5.69 Å². The molecular formula is C14H18N4O4. The second kappa shape index (κ2) is 5.43. The smallest absolute Gasteiger partial charge is 0.325 e. The van der Waals surface area contributed by atoms with Gasteiger partial charge < -0.3 is 14.8 Å². The number of piperidine rings is 1. The van der Waals surface area contributed by atoms with E-state index in [-0.39, 0.29) is 23.4 Å². The minimum Gasteiger partial charge on any atom is -0.341 e. The van der Waals surface area contributed by atoms with Gasteiger partial charge in [0.2, 0.25) is 5.91 Å². The molecule has 2 N–H and O–H groups in total. The van der Waals surface area contributed by atoms with Crippen molar-refractivity contribution in [3.05, 3.63) is 32.6 Å². The Hall–Kier alpha value is -2.38. The van der Waals surface area contributed by atoms with Crippen molar-refractivity contribution in [2.24, 2.45) is 5.92 Å². The van der Waals surface area contributed by atoms with E-state index in [1.54, 1.807) is 9.80 Å². The van der Waals surface area contributed by atoms with Crippen molar-refractivity contribution in [2.45, 2.75) is 25.8 Å². The molecule has 4 heterocycles. The lowest BCUT2D eigenvalue weighted by molar-refractivity contribution is -0.129. The molecule has 0 aliphatic carbocycles. The van der Waals surface area contributed by atoms with E-state index in [0.29, 0.717) is 19.6 Å². The van der Waals surface area contributed by atoms with Crippen LogP contribution in [0.15, 0.2) is 15.8 Å². The predicted molar refractivity (Wildman–Crippen MR) is 77.5 cm³/mol. The maximum absolute atomic E-state index is 12.6. The number of carbonyl (C=O) groups is 2. The summed E-state index contributed by atoms with van der Waals surface area (Å²) in [4.78, 5) is 55.0. The highest BCUT2D eigenvalue weighted by Gasteiger charge is 2.38. The second-order valence-electron chi connectivity index (χ2n) is 5.96. The number of aromatic nitrogens is 2. The van der Waals surface area contributed by atoms with Crippen LogP contribution in [-0.2, 0) is 4.79 Å². The van der Waals surface area contributed by atoms with Crippen molar-refractivity contribution in [2.75, 3.05) is 19.6 Å². The normalized spacial score (nSPS) is 24.2. The monoisotopic (exact) mass is 306 g/mol. The van der Waals surface area contributed by atoms with Crippen LogP contribution in [0.3, 0.4) is 0 Å². The Balaban J connectivity index is 1.89. The third kappa shape index (κ3) is 2.56. The lowest BCUT2D eigenvalue weighted by Gasteiger charge is -2.35. The van der Waals surface area contributed by atoms with Crippen LogP contribution in [0.1, 0.15) is 30.1 Å². The first kappa shape index (κ1) is 14.6. The highest BCUT2D eigenvalue weighted by Crippen LogP contribution is 2.28. The van der Waals surface area contributed by atoms with Gasteiger partial charge in [0.25, 0.3) is 11.5 Å². The van der Waals surface area contributed by atoms with Crippen molar-refractivity contribution in [3.63, 3.8) is 0 Å². The van der Waals surface area contributed by atoms with E-state index in [1.165, 1.54) is 6.92 Å². The van der Waals surface area contributed by atoms with Crippen molar-refractivity contribution in [1.29, 1.82) is 0 Å². The first-order valence-electron chi connectivity index (χ1n) is 7.34. The molecule has 0 radical (unpaired) electrons. The summed E-state index contributed by atoms with van der Waals surface area (Å²) < 4.78 is 0. The molecular weight excluding hydrogens is 288 g/mol. The Bertz CT molecular complexity index is 722. The van der Waals surface area contributed by atoms with Crippen LogP contribution < -0.4 is 11.2 Å². The van der Waals surface area contributed by atoms with Crippen LogP contribution in [0.5, 0.6) is 0 Å². The number of hydrogen-bond acceptors (Lipinski definition) is 4. The van der Waals surface area contributed by atoms with Crippen LogP contribution >= 0.6 is 0 Å². The van der Waals surface area contributed by atoms with Gasteiger partial charge in [0.15, 0.2) is 0 Å². The molecule has 0 spiro atoms. The zero-order valence-electron chi connectivity index (χ0n) is 12.3. The molecule has 8 nitrogen and oxygen atoms in total. The number of fused-ring (bicyclic) bond motifs is 4. The number of rotatable bonds is 1. The van der Waals surface area contributed by atoms with Gasteiger partial charge in [-0.15, -0.1) is 0 Å². The minimum absolute atomic E-state index is 0.00749. The zero-order valence-corrected chi connectivity index (χ0v) is 12.3. The summed E-state index contributed by atoms with van der Waals surface area (Å²) >= 11 is 0. The van der Waals surface area contributed by atoms with Crippen LogP contribution in [-0.4, -0.2) is 57.3 Å². The largest absolute Gasteiger partial charge is 0.341 e. The zero-order chi connectivity index (χ0) is 15.9. The van der Waals surface area contributed by atoms with Gasteiger partial charge in [-0.05, 0) is 18.8 Å². The molecule has 118 valence electrons. The molecule has 3 saturated heterocycles. The van der Waals surface area contributed by atoms with Crippen molar-refractivity contribution >= 4 is 11.8 Å². The van der Waals surface area contributed by atoms with Gasteiger partial charge in [-0.1, -0.05) is 0 Å². The standard InChI is InChI=1S/C14H18N4O4/c1-8(19)17-5-9-2-3-10(7-17)18(6-9)13(21)11-4-15-14(22)16-12(11)20/h4,9-10H,2-3,5-7H2,1H3,(H2,15,16,20,22)/t9-,10+/m0/s1. The number of nitrogens with one attached hydrogen (secondary N) is 2. The highest BCUT2D eigenvalue weighted by molar-refractivity contribution is 5.94. The first-order valence-corrected chi connectivity index (χ1v) is 7.34. The van der Waals surface area contributed by atoms with E-state index in [4.69, 9.17) is 0 Å². The number of amides is 2. The maximum atomic E-state index is 12.6. The summed E-state index contributed by atoms with van der Waals surface area (Å²) in [7, 11) is 0. The van der Waals surface area contributed by atoms with Gasteiger partial charge in [0.05, 0.1) is 0 Å². The SMILES string of the molecule is CC(=O)N1C[C@@H]2CC[C@H](C1)N(C(=O)c1c[nH]c(=O)[nH]c1=O)C2. The van der Waals surface area contributed by atoms with E-state index in [9.17, 15) is 19.2 Å². The van der Waals surface area contributed by atoms with E-state index >= 15 is 0 Å². The van der Waals surface area contributed by atoms with Crippen LogP contribution in [0.4, 0.5) is 0 Å². The molecule has 3 aliphatic heterocycles. The van der Waals surface area contributed by atoms with Crippen LogP contribution in [0.25, 0.3) is 0 Å². The topological polar surface area (TPSA) is 106 Å². The van der Waals surface area contributed by atoms with Crippen molar-refractivity contribution in [3.8, 4) is 0 Å². The molecule has 1 aromatic rings. The molecule has 0 unspecified atom stereocenters. The van der Waals surface area contributed by atoms with Crippen molar-refractivity contribution in [1.82, 2.24) is 19.8 Å². The Morgan fingerprint density at radius 2 is 1.95 bits per heavy atom. The summed E-state index contributed by atoms with van der Waals surface area (Å²) in [5.74, 6) is -0.154. The summed E-state index contributed by atoms with van der Waals surface area (Å²) in [5.41, 5.74) is -1.39. The van der Waals surface area contributed by atoms with Gasteiger partial charge in [0, 0.05) is 38.8 Å². The molecule has 3 fully saturated rings. The van der Waals surface area contributed by atoms with E-state index in [2.05, 4.69) is 9.97 Å². The molecule has 2 bridgehead atoms. The summed E-state index contributed by atoms with van der Waals surface area (Å²) in [6, 6.07) is -0.0820. The molecule has 8 heteroatoms. The first-order chi connectivity index (χ1) is 10.5. The van der Waals surface area contributed by atoms with Crippen molar-refractivity contribution < 1.29 is 9.59 Å². The minimum atomic E-state index is -0.683. The quantitative estimate of drug-likeness (QED) is 0.704. The Labute approximate surface area is 126 Å². The van der Waals surface area contributed by atoms with E-state index in [1.807, 2.05) is 0 Å². The molecule has 3 aliphatic rings. The average molecular weight is 306 g/mol. The molecule has 2 amide bonds. The molecule has 2 atom stereocenters. The lowest BCUT2D eigenvalue weighted by atomic mass is 9.94. The fourth-order valence-electron chi connectivity index (χ4n) is 3.31. The number of H-pyrrole nitrogens is 2. The Kier molecular flexibility index (Phi) is 3.59. The maximum Gasteiger partial charge on any atom is 0.325 e. The van der Waals surface area contributed by atoms with E-state index < -0.39 is 17.2 Å². The number of aromatic amines is 2. The highest BCUT2D eigenvalue weighted by atomic mass is 16.2. The third-order valence-electron chi connectivity index (χ3n) is 4.47. The molecule has 0 aromatic carbocycles. The summed E-state index contributed by atoms with van der Waals surface area (Å²) in [5, 5.41) is 0. The summed E-state index contributed by atoms with van der Waals surface area (Å²) in [6.07, 6.45) is 2.95. The van der Waals surface area contributed by atoms with Crippen LogP contribution in [0, 0.1) is 5.92 Å². The summed E-state index contributed by atoms with van der Waals surface area (Å²) in [6.45, 7) is 3.21. The van der Waals surface area contributed by atoms with Crippen LogP contribution in [0.2, 0.25) is 0 Å². The molecule has 0 saturated carbocycles. The average Bonchev–Trinajstić information content (AvgIpc) is 2.78. The van der Waals surface area contributed by atoms with Gasteiger partial charge in [-0.3, -0.25) is 19.4 Å². The Morgan fingerprint density at radius 1 is 1.18 bits per heavy atom. The second-order valence-corrected chi connectivity index (χ2v) is 5.96. The van der Waals surface area contributed by atoms with Gasteiger partial charge in [-0.25, -0.2) is 4.79 Å². The van der Waals surface area contributed by atoms with Gasteiger partial charge in [0.1, 0.15) is 5.56 Å². The number of hydrogen-bond donors (Lipinski definition) is 2. The molecule has 1 aromatic heterocycles. The molecule has 22 heavy (non-hydrogen) atoms. The predicted octanol–water partition coefficient (Wildman–Crippen LogP) is -0.854. The van der Waals surface area contributed by atoms with E-state index in [0.717, 1.165) is 19.0 Å². The fourth-order valence-corrected chi connectivity index (χ4v) is 3.31. The molecule has 4 rings (SSSR count). The third-order valence-corrected chi connectivity index (χ3v) is 4.47. The number of carbonyl (C=O) groups excluding carboxylic acids is 2. The fraction of sp³-hybridized carbons (Fsp3) is 0.571. The Morgan fingerprint density at radius 3 is 2.64 bits per heavy atom. The van der Waals surface area contributed by atoms with Gasteiger partial charge in [-0.2, -0.15) is 0 Å².